The lowest BCUT2D eigenvalue weighted by molar-refractivity contribution is -0.0933. The van der Waals surface area contributed by atoms with Crippen molar-refractivity contribution in [3.63, 3.8) is 0 Å². The number of hydrogen-bond donors (Lipinski definition) is 1. The first-order valence-corrected chi connectivity index (χ1v) is 13.7. The summed E-state index contributed by atoms with van der Waals surface area (Å²) >= 11 is 3.51. The van der Waals surface area contributed by atoms with E-state index in [0.717, 1.165) is 31.7 Å². The van der Waals surface area contributed by atoms with E-state index in [1.54, 1.807) is 24.7 Å². The van der Waals surface area contributed by atoms with E-state index >= 15 is 0 Å². The van der Waals surface area contributed by atoms with Crippen LogP contribution < -0.4 is 10.6 Å². The summed E-state index contributed by atoms with van der Waals surface area (Å²) < 4.78 is 6.61. The maximum absolute atomic E-state index is 13.2. The number of ether oxygens (including phenoxy) is 1. The van der Waals surface area contributed by atoms with E-state index in [-0.39, 0.29) is 6.04 Å². The summed E-state index contributed by atoms with van der Waals surface area (Å²) in [6, 6.07) is 19.3. The van der Waals surface area contributed by atoms with Crippen molar-refractivity contribution < 1.29 is 14.4 Å². The Labute approximate surface area is 241 Å². The molecule has 2 aromatic carbocycles. The Hall–Kier alpha value is -4.24. The van der Waals surface area contributed by atoms with Crippen molar-refractivity contribution in [2.75, 3.05) is 5.73 Å². The number of nitrogen functional groups attached to an aromatic ring is 1. The molecule has 0 aliphatic rings. The predicted molar refractivity (Wildman–Crippen MR) is 161 cm³/mol. The van der Waals surface area contributed by atoms with Crippen molar-refractivity contribution in [3.05, 3.63) is 89.3 Å². The number of hydroxylamine groups is 2. The molecule has 0 spiro atoms. The lowest BCUT2D eigenvalue weighted by Gasteiger charge is -2.30. The molecule has 0 aliphatic heterocycles. The fourth-order valence-corrected chi connectivity index (χ4v) is 4.78. The molecule has 5 rings (SSSR count). The number of aromatic nitrogens is 3. The summed E-state index contributed by atoms with van der Waals surface area (Å²) in [7, 11) is 0. The van der Waals surface area contributed by atoms with Gasteiger partial charge in [0.1, 0.15) is 11.4 Å². The quantitative estimate of drug-likeness (QED) is 0.161. The van der Waals surface area contributed by atoms with Gasteiger partial charge in [-0.3, -0.25) is 9.97 Å². The third kappa shape index (κ3) is 6.15. The highest BCUT2D eigenvalue weighted by molar-refractivity contribution is 9.10. The molecule has 1 amide bonds. The number of fused-ring (bicyclic) bond motifs is 3. The predicted octanol–water partition coefficient (Wildman–Crippen LogP) is 7.35. The highest BCUT2D eigenvalue weighted by Gasteiger charge is 2.29. The standard InChI is InChI=1S/C31H30BrN5O3/c1-19(12-20-8-6-5-7-9-20)37(30(38)39-31(2,3)4)40-23-13-21(16-34-17-23)27-15-25-24-11-10-22(32)14-28(24)35-18-26(25)29(33)36-27/h5-11,13-19H,12H2,1-4H3,(H2,33,36). The molecule has 2 N–H and O–H groups in total. The third-order valence-corrected chi connectivity index (χ3v) is 6.72. The largest absolute Gasteiger partial charge is 0.443 e. The number of carbonyl (C=O) groups excluding carboxylic acids is 1. The van der Waals surface area contributed by atoms with Crippen molar-refractivity contribution in [2.24, 2.45) is 0 Å². The van der Waals surface area contributed by atoms with Crippen LogP contribution in [0.25, 0.3) is 32.9 Å². The Balaban J connectivity index is 1.49. The van der Waals surface area contributed by atoms with Crippen LogP contribution >= 0.6 is 15.9 Å². The monoisotopic (exact) mass is 599 g/mol. The molecule has 0 aliphatic carbocycles. The molecule has 0 bridgehead atoms. The van der Waals surface area contributed by atoms with Crippen molar-refractivity contribution >= 4 is 49.5 Å². The smallest absolute Gasteiger partial charge is 0.442 e. The summed E-state index contributed by atoms with van der Waals surface area (Å²) in [6.07, 6.45) is 4.97. The van der Waals surface area contributed by atoms with Crippen LogP contribution in [0.2, 0.25) is 0 Å². The zero-order valence-corrected chi connectivity index (χ0v) is 24.3. The first kappa shape index (κ1) is 27.3. The molecule has 40 heavy (non-hydrogen) atoms. The minimum Gasteiger partial charge on any atom is -0.442 e. The Morgan fingerprint density at radius 2 is 1.77 bits per heavy atom. The van der Waals surface area contributed by atoms with Crippen LogP contribution in [0.5, 0.6) is 5.75 Å². The zero-order chi connectivity index (χ0) is 28.4. The highest BCUT2D eigenvalue weighted by atomic mass is 79.9. The number of carbonyl (C=O) groups is 1. The number of halogens is 1. The van der Waals surface area contributed by atoms with Crippen molar-refractivity contribution in [3.8, 4) is 17.0 Å². The van der Waals surface area contributed by atoms with Crippen LogP contribution in [0.4, 0.5) is 10.6 Å². The third-order valence-electron chi connectivity index (χ3n) is 6.23. The molecule has 3 aromatic heterocycles. The van der Waals surface area contributed by atoms with Crippen LogP contribution in [-0.2, 0) is 11.2 Å². The zero-order valence-electron chi connectivity index (χ0n) is 22.8. The molecular formula is C31H30BrN5O3. The van der Waals surface area contributed by atoms with Gasteiger partial charge in [-0.15, -0.1) is 5.06 Å². The van der Waals surface area contributed by atoms with Gasteiger partial charge in [-0.05, 0) is 69.3 Å². The van der Waals surface area contributed by atoms with E-state index in [1.807, 2.05) is 82.3 Å². The van der Waals surface area contributed by atoms with Gasteiger partial charge in [0.25, 0.3) is 0 Å². The number of rotatable bonds is 6. The fourth-order valence-electron chi connectivity index (χ4n) is 4.43. The summed E-state index contributed by atoms with van der Waals surface area (Å²) in [5.74, 6) is 0.732. The number of anilines is 1. The highest BCUT2D eigenvalue weighted by Crippen LogP contribution is 2.32. The molecule has 5 aromatic rings. The van der Waals surface area contributed by atoms with Crippen molar-refractivity contribution in [2.45, 2.75) is 45.8 Å². The van der Waals surface area contributed by atoms with E-state index in [4.69, 9.17) is 15.3 Å². The molecule has 1 unspecified atom stereocenters. The Kier molecular flexibility index (Phi) is 7.58. The van der Waals surface area contributed by atoms with Crippen LogP contribution in [0, 0.1) is 0 Å². The lowest BCUT2D eigenvalue weighted by Crippen LogP contribution is -2.45. The van der Waals surface area contributed by atoms with Gasteiger partial charge in [-0.25, -0.2) is 9.78 Å². The number of benzene rings is 2. The van der Waals surface area contributed by atoms with Crippen molar-refractivity contribution in [1.29, 1.82) is 0 Å². The summed E-state index contributed by atoms with van der Waals surface area (Å²) in [6.45, 7) is 7.37. The molecule has 204 valence electrons. The molecule has 0 fully saturated rings. The normalized spacial score (nSPS) is 12.3. The minimum absolute atomic E-state index is 0.325. The Morgan fingerprint density at radius 1 is 1.00 bits per heavy atom. The second-order valence-electron chi connectivity index (χ2n) is 10.6. The first-order chi connectivity index (χ1) is 19.1. The first-order valence-electron chi connectivity index (χ1n) is 12.9. The molecule has 3 heterocycles. The van der Waals surface area contributed by atoms with E-state index in [0.29, 0.717) is 29.2 Å². The number of hydrogen-bond acceptors (Lipinski definition) is 7. The van der Waals surface area contributed by atoms with Crippen LogP contribution in [0.3, 0.4) is 0 Å². The molecule has 0 radical (unpaired) electrons. The van der Waals surface area contributed by atoms with Crippen LogP contribution in [0.1, 0.15) is 33.3 Å². The number of amides is 1. The van der Waals surface area contributed by atoms with Gasteiger partial charge >= 0.3 is 6.09 Å². The number of nitrogens with two attached hydrogens (primary N) is 1. The van der Waals surface area contributed by atoms with Gasteiger partial charge in [0, 0.05) is 33.2 Å². The molecular weight excluding hydrogens is 570 g/mol. The Morgan fingerprint density at radius 3 is 2.52 bits per heavy atom. The molecule has 0 saturated carbocycles. The van der Waals surface area contributed by atoms with Crippen LogP contribution in [0.15, 0.2) is 83.7 Å². The minimum atomic E-state index is -0.689. The van der Waals surface area contributed by atoms with Crippen molar-refractivity contribution in [1.82, 2.24) is 20.0 Å². The van der Waals surface area contributed by atoms with Gasteiger partial charge in [0.15, 0.2) is 5.75 Å². The summed E-state index contributed by atoms with van der Waals surface area (Å²) in [4.78, 5) is 32.9. The summed E-state index contributed by atoms with van der Waals surface area (Å²) in [5, 5.41) is 3.92. The topological polar surface area (TPSA) is 103 Å². The maximum atomic E-state index is 13.2. The molecule has 8 nitrogen and oxygen atoms in total. The van der Waals surface area contributed by atoms with Gasteiger partial charge in [0.05, 0.1) is 23.4 Å². The van der Waals surface area contributed by atoms with Gasteiger partial charge in [-0.1, -0.05) is 52.3 Å². The second kappa shape index (κ2) is 11.1. The fraction of sp³-hybridized carbons (Fsp3) is 0.226. The van der Waals surface area contributed by atoms with Gasteiger partial charge in [0.2, 0.25) is 0 Å². The number of nitrogens with zero attached hydrogens (tertiary/aromatic N) is 4. The van der Waals surface area contributed by atoms with Gasteiger partial charge < -0.3 is 15.3 Å². The van der Waals surface area contributed by atoms with E-state index < -0.39 is 11.7 Å². The van der Waals surface area contributed by atoms with E-state index in [9.17, 15) is 4.79 Å². The number of pyridine rings is 3. The van der Waals surface area contributed by atoms with Crippen LogP contribution in [-0.4, -0.2) is 37.8 Å². The lowest BCUT2D eigenvalue weighted by atomic mass is 10.0. The van der Waals surface area contributed by atoms with E-state index in [1.165, 1.54) is 5.06 Å². The van der Waals surface area contributed by atoms with E-state index in [2.05, 4.69) is 30.9 Å². The average Bonchev–Trinajstić information content (AvgIpc) is 2.91. The molecule has 9 heteroatoms. The van der Waals surface area contributed by atoms with Gasteiger partial charge in [-0.2, -0.15) is 0 Å². The summed E-state index contributed by atoms with van der Waals surface area (Å²) in [5.41, 5.74) is 8.90. The Bertz CT molecular complexity index is 1690. The second-order valence-corrected chi connectivity index (χ2v) is 11.5. The maximum Gasteiger partial charge on any atom is 0.443 e. The molecule has 1 atom stereocenters. The average molecular weight is 601 g/mol. The molecule has 0 saturated heterocycles. The SMILES string of the molecule is CC(Cc1ccccc1)N(Oc1cncc(-c2cc3c(cnc4cc(Br)ccc43)c(N)n2)c1)C(=O)OC(C)(C)C.